The van der Waals surface area contributed by atoms with E-state index in [0.29, 0.717) is 48.7 Å². The first-order valence-corrected chi connectivity index (χ1v) is 10.8. The van der Waals surface area contributed by atoms with Crippen LogP contribution in [0.2, 0.25) is 0 Å². The van der Waals surface area contributed by atoms with Crippen molar-refractivity contribution in [1.82, 2.24) is 0 Å². The summed E-state index contributed by atoms with van der Waals surface area (Å²) >= 11 is 0. The molecule has 0 aliphatic carbocycles. The second-order valence-corrected chi connectivity index (χ2v) is 7.50. The van der Waals surface area contributed by atoms with Crippen LogP contribution in [0.15, 0.2) is 60.7 Å². The highest BCUT2D eigenvalue weighted by molar-refractivity contribution is 5.97. The van der Waals surface area contributed by atoms with Crippen molar-refractivity contribution in [2.45, 2.75) is 26.7 Å². The number of benzene rings is 3. The Morgan fingerprint density at radius 1 is 0.909 bits per heavy atom. The van der Waals surface area contributed by atoms with Gasteiger partial charge in [-0.15, -0.1) is 0 Å². The number of carbonyl (C=O) groups excluding carboxylic acids is 2. The number of methoxy groups -OCH3 is 1. The minimum Gasteiger partial charge on any atom is -0.507 e. The molecule has 0 aliphatic rings. The van der Waals surface area contributed by atoms with Crippen molar-refractivity contribution in [3.63, 3.8) is 0 Å². The zero-order valence-corrected chi connectivity index (χ0v) is 19.1. The highest BCUT2D eigenvalue weighted by Gasteiger charge is 2.14. The topological polar surface area (TPSA) is 82.1 Å². The van der Waals surface area contributed by atoms with Gasteiger partial charge in [-0.25, -0.2) is 4.79 Å². The number of phenolic OH excluding ortho intramolecular Hbond substituents is 1. The van der Waals surface area contributed by atoms with E-state index in [4.69, 9.17) is 14.2 Å². The number of phenols is 1. The van der Waals surface area contributed by atoms with Crippen molar-refractivity contribution >= 4 is 11.8 Å². The summed E-state index contributed by atoms with van der Waals surface area (Å²) in [5.74, 6) is 0.614. The molecule has 33 heavy (non-hydrogen) atoms. The highest BCUT2D eigenvalue weighted by Crippen LogP contribution is 2.30. The largest absolute Gasteiger partial charge is 0.507 e. The van der Waals surface area contributed by atoms with Gasteiger partial charge in [0.15, 0.2) is 5.78 Å². The number of rotatable bonds is 10. The molecule has 0 unspecified atom stereocenters. The number of hydrogen-bond donors (Lipinski definition) is 1. The molecule has 0 radical (unpaired) electrons. The fourth-order valence-electron chi connectivity index (χ4n) is 3.51. The van der Waals surface area contributed by atoms with Crippen LogP contribution < -0.4 is 9.47 Å². The summed E-state index contributed by atoms with van der Waals surface area (Å²) in [4.78, 5) is 23.7. The van der Waals surface area contributed by atoms with E-state index in [2.05, 4.69) is 0 Å². The van der Waals surface area contributed by atoms with Crippen LogP contribution in [-0.4, -0.2) is 37.2 Å². The lowest BCUT2D eigenvalue weighted by atomic mass is 9.99. The molecule has 0 heterocycles. The van der Waals surface area contributed by atoms with E-state index in [9.17, 15) is 14.7 Å². The predicted molar refractivity (Wildman–Crippen MR) is 126 cm³/mol. The summed E-state index contributed by atoms with van der Waals surface area (Å²) in [5, 5.41) is 10.1. The third-order valence-electron chi connectivity index (χ3n) is 5.23. The highest BCUT2D eigenvalue weighted by atomic mass is 16.5. The zero-order valence-electron chi connectivity index (χ0n) is 19.1. The number of carbonyl (C=O) groups is 2. The summed E-state index contributed by atoms with van der Waals surface area (Å²) in [7, 11) is 1.36. The molecular weight excluding hydrogens is 420 g/mol. The van der Waals surface area contributed by atoms with E-state index < -0.39 is 0 Å². The minimum atomic E-state index is -0.386. The molecule has 3 aromatic rings. The van der Waals surface area contributed by atoms with Crippen LogP contribution in [0.1, 0.15) is 46.5 Å². The number of aromatic hydroxyl groups is 1. The van der Waals surface area contributed by atoms with E-state index in [-0.39, 0.29) is 17.5 Å². The van der Waals surface area contributed by atoms with E-state index in [1.165, 1.54) is 20.1 Å². The molecule has 0 atom stereocenters. The van der Waals surface area contributed by atoms with Gasteiger partial charge >= 0.3 is 5.97 Å². The molecule has 0 aliphatic heterocycles. The normalized spacial score (nSPS) is 10.5. The molecule has 1 N–H and O–H groups in total. The molecule has 0 bridgehead atoms. The Labute approximate surface area is 193 Å². The van der Waals surface area contributed by atoms with Crippen LogP contribution in [-0.2, 0) is 11.2 Å². The van der Waals surface area contributed by atoms with Crippen LogP contribution in [0, 0.1) is 0 Å². The molecule has 0 saturated heterocycles. The van der Waals surface area contributed by atoms with Gasteiger partial charge in [0.05, 0.1) is 31.5 Å². The van der Waals surface area contributed by atoms with Crippen molar-refractivity contribution in [3.05, 3.63) is 77.4 Å². The predicted octanol–water partition coefficient (Wildman–Crippen LogP) is 5.46. The summed E-state index contributed by atoms with van der Waals surface area (Å²) in [6.07, 6.45) is 1.31. The minimum absolute atomic E-state index is 0.0741. The van der Waals surface area contributed by atoms with Crippen molar-refractivity contribution in [3.8, 4) is 28.4 Å². The Bertz CT molecular complexity index is 1140. The van der Waals surface area contributed by atoms with Crippen molar-refractivity contribution in [2.75, 3.05) is 20.3 Å². The molecule has 172 valence electrons. The van der Waals surface area contributed by atoms with E-state index in [1.54, 1.807) is 18.2 Å². The van der Waals surface area contributed by atoms with Crippen LogP contribution in [0.5, 0.6) is 17.2 Å². The van der Waals surface area contributed by atoms with Gasteiger partial charge < -0.3 is 19.3 Å². The van der Waals surface area contributed by atoms with Crippen LogP contribution >= 0.6 is 0 Å². The van der Waals surface area contributed by atoms with E-state index >= 15 is 0 Å². The molecular formula is C27H28O6. The fourth-order valence-corrected chi connectivity index (χ4v) is 3.51. The maximum Gasteiger partial charge on any atom is 0.338 e. The van der Waals surface area contributed by atoms with Gasteiger partial charge in [0.2, 0.25) is 0 Å². The monoisotopic (exact) mass is 448 g/mol. The molecule has 0 amide bonds. The molecule has 0 fully saturated rings. The van der Waals surface area contributed by atoms with Crippen LogP contribution in [0.4, 0.5) is 0 Å². The summed E-state index contributed by atoms with van der Waals surface area (Å²) in [6.45, 7) is 4.23. The van der Waals surface area contributed by atoms with Crippen molar-refractivity contribution < 1.29 is 28.9 Å². The molecule has 6 heteroatoms. The molecule has 0 saturated carbocycles. The van der Waals surface area contributed by atoms with Gasteiger partial charge in [0, 0.05) is 12.5 Å². The Morgan fingerprint density at radius 3 is 2.39 bits per heavy atom. The molecule has 3 rings (SSSR count). The van der Waals surface area contributed by atoms with Crippen molar-refractivity contribution in [1.29, 1.82) is 0 Å². The first-order valence-electron chi connectivity index (χ1n) is 10.8. The Kier molecular flexibility index (Phi) is 8.08. The third kappa shape index (κ3) is 5.92. The molecule has 0 aromatic heterocycles. The fraction of sp³-hybridized carbons (Fsp3) is 0.259. The van der Waals surface area contributed by atoms with E-state index in [0.717, 1.165) is 16.7 Å². The van der Waals surface area contributed by atoms with Gasteiger partial charge in [-0.05, 0) is 54.3 Å². The number of Topliss-reactive ketones (excluding diaryl/α,β-unsaturated/α-hetero) is 1. The van der Waals surface area contributed by atoms with Gasteiger partial charge in [-0.1, -0.05) is 37.3 Å². The Morgan fingerprint density at radius 2 is 1.67 bits per heavy atom. The zero-order chi connectivity index (χ0) is 23.8. The number of esters is 1. The summed E-state index contributed by atoms with van der Waals surface area (Å²) < 4.78 is 16.6. The molecule has 6 nitrogen and oxygen atoms in total. The van der Waals surface area contributed by atoms with Gasteiger partial charge in [0.25, 0.3) is 0 Å². The van der Waals surface area contributed by atoms with Crippen molar-refractivity contribution in [2.24, 2.45) is 0 Å². The first-order chi connectivity index (χ1) is 15.9. The second kappa shape index (κ2) is 11.2. The number of hydrogen-bond acceptors (Lipinski definition) is 6. The molecule has 0 spiro atoms. The third-order valence-corrected chi connectivity index (χ3v) is 5.23. The van der Waals surface area contributed by atoms with Gasteiger partial charge in [-0.3, -0.25) is 4.79 Å². The summed E-state index contributed by atoms with van der Waals surface area (Å²) in [6, 6.07) is 18.0. The number of aryl methyl sites for hydroxylation is 1. The maximum atomic E-state index is 12.1. The average Bonchev–Trinajstić information content (AvgIpc) is 2.83. The SMILES string of the molecule is CCc1cc(C(C)=O)c(O)cc1OCCCOc1cccc(-c2ccccc2C(=O)OC)c1. The average molecular weight is 449 g/mol. The lowest BCUT2D eigenvalue weighted by Crippen LogP contribution is -2.07. The second-order valence-electron chi connectivity index (χ2n) is 7.50. The van der Waals surface area contributed by atoms with Gasteiger partial charge in [-0.2, -0.15) is 0 Å². The lowest BCUT2D eigenvalue weighted by Gasteiger charge is -2.14. The van der Waals surface area contributed by atoms with Crippen LogP contribution in [0.25, 0.3) is 11.1 Å². The van der Waals surface area contributed by atoms with Crippen LogP contribution in [0.3, 0.4) is 0 Å². The number of ketones is 1. The number of ether oxygens (including phenoxy) is 3. The lowest BCUT2D eigenvalue weighted by molar-refractivity contribution is 0.0601. The standard InChI is InChI=1S/C27H28O6/c1-4-19-16-24(18(2)28)25(29)17-26(19)33-14-8-13-32-21-10-7-9-20(15-21)22-11-5-6-12-23(22)27(30)31-3/h5-7,9-12,15-17,29H,4,8,13-14H2,1-3H3. The maximum absolute atomic E-state index is 12.1. The Balaban J connectivity index is 1.59. The first kappa shape index (κ1) is 23.9. The van der Waals surface area contributed by atoms with E-state index in [1.807, 2.05) is 43.3 Å². The molecule has 3 aromatic carbocycles. The summed E-state index contributed by atoms with van der Waals surface area (Å²) in [5.41, 5.74) is 3.31. The quantitative estimate of drug-likeness (QED) is 0.252. The Hall–Kier alpha value is -3.80. The smallest absolute Gasteiger partial charge is 0.338 e. The van der Waals surface area contributed by atoms with Gasteiger partial charge in [0.1, 0.15) is 17.2 Å².